The second-order valence-electron chi connectivity index (χ2n) is 4.27. The van der Waals surface area contributed by atoms with E-state index in [2.05, 4.69) is 4.90 Å². The van der Waals surface area contributed by atoms with E-state index in [1.165, 1.54) is 19.3 Å². The van der Waals surface area contributed by atoms with E-state index in [0.717, 1.165) is 13.1 Å². The molecule has 13 heavy (non-hydrogen) atoms. The van der Waals surface area contributed by atoms with Crippen molar-refractivity contribution in [2.24, 2.45) is 5.41 Å². The van der Waals surface area contributed by atoms with Gasteiger partial charge in [0.05, 0.1) is 13.2 Å². The van der Waals surface area contributed by atoms with Crippen molar-refractivity contribution in [1.29, 1.82) is 0 Å². The van der Waals surface area contributed by atoms with E-state index in [9.17, 15) is 4.79 Å². The molecule has 0 atom stereocenters. The fourth-order valence-corrected chi connectivity index (χ4v) is 2.14. The highest BCUT2D eigenvalue weighted by Gasteiger charge is 2.47. The Hall–Kier alpha value is -0.570. The molecule has 0 aromatic rings. The molecule has 0 N–H and O–H groups in total. The third-order valence-electron chi connectivity index (χ3n) is 3.13. The van der Waals surface area contributed by atoms with Gasteiger partial charge in [0.1, 0.15) is 0 Å². The summed E-state index contributed by atoms with van der Waals surface area (Å²) in [4.78, 5) is 13.4. The lowest BCUT2D eigenvalue weighted by atomic mass is 10.1. The third-order valence-corrected chi connectivity index (χ3v) is 3.13. The molecule has 0 aromatic carbocycles. The Morgan fingerprint density at radius 1 is 1.46 bits per heavy atom. The van der Waals surface area contributed by atoms with Crippen molar-refractivity contribution < 1.29 is 9.53 Å². The first-order valence-electron chi connectivity index (χ1n) is 5.12. The zero-order valence-corrected chi connectivity index (χ0v) is 8.21. The summed E-state index contributed by atoms with van der Waals surface area (Å²) in [6.07, 6.45) is 4.02. The molecule has 2 fully saturated rings. The van der Waals surface area contributed by atoms with Gasteiger partial charge in [-0.3, -0.25) is 9.69 Å². The average molecular weight is 183 g/mol. The van der Waals surface area contributed by atoms with Gasteiger partial charge in [0.2, 0.25) is 0 Å². The second-order valence-corrected chi connectivity index (χ2v) is 4.27. The van der Waals surface area contributed by atoms with E-state index >= 15 is 0 Å². The van der Waals surface area contributed by atoms with Crippen molar-refractivity contribution >= 4 is 5.97 Å². The monoisotopic (exact) mass is 183 g/mol. The number of nitrogens with zero attached hydrogens (tertiary/aromatic N) is 1. The van der Waals surface area contributed by atoms with Crippen molar-refractivity contribution in [2.45, 2.75) is 26.2 Å². The van der Waals surface area contributed by atoms with Crippen LogP contribution in [-0.2, 0) is 9.53 Å². The Bertz CT molecular complexity index is 211. The standard InChI is InChI=1S/C10H17NO2/c1-2-13-9(12)7-11-6-5-10(8-11)3-4-10/h2-8H2,1H3. The molecular weight excluding hydrogens is 166 g/mol. The largest absolute Gasteiger partial charge is 0.465 e. The van der Waals surface area contributed by atoms with Crippen molar-refractivity contribution in [1.82, 2.24) is 4.90 Å². The molecule has 3 heteroatoms. The molecule has 74 valence electrons. The summed E-state index contributed by atoms with van der Waals surface area (Å²) in [7, 11) is 0. The Morgan fingerprint density at radius 3 is 2.77 bits per heavy atom. The van der Waals surface area contributed by atoms with Gasteiger partial charge in [0, 0.05) is 6.54 Å². The van der Waals surface area contributed by atoms with Gasteiger partial charge in [-0.1, -0.05) is 0 Å². The van der Waals surface area contributed by atoms with Gasteiger partial charge in [-0.05, 0) is 38.1 Å². The summed E-state index contributed by atoms with van der Waals surface area (Å²) in [5.74, 6) is -0.0693. The molecule has 0 aromatic heterocycles. The summed E-state index contributed by atoms with van der Waals surface area (Å²) in [6.45, 7) is 5.04. The maximum Gasteiger partial charge on any atom is 0.320 e. The van der Waals surface area contributed by atoms with Gasteiger partial charge in [-0.25, -0.2) is 0 Å². The van der Waals surface area contributed by atoms with Crippen LogP contribution in [0.15, 0.2) is 0 Å². The third kappa shape index (κ3) is 2.02. The molecule has 1 aliphatic heterocycles. The Balaban J connectivity index is 1.74. The van der Waals surface area contributed by atoms with Crippen LogP contribution in [0.5, 0.6) is 0 Å². The first-order valence-corrected chi connectivity index (χ1v) is 5.12. The number of esters is 1. The van der Waals surface area contributed by atoms with Crippen LogP contribution in [0.1, 0.15) is 26.2 Å². The smallest absolute Gasteiger partial charge is 0.320 e. The Morgan fingerprint density at radius 2 is 2.23 bits per heavy atom. The molecule has 0 bridgehead atoms. The molecule has 0 unspecified atom stereocenters. The first-order chi connectivity index (χ1) is 6.24. The predicted octanol–water partition coefficient (Wildman–Crippen LogP) is 1.04. The molecule has 1 spiro atoms. The number of rotatable bonds is 3. The zero-order chi connectivity index (χ0) is 9.31. The molecule has 1 saturated heterocycles. The highest BCUT2D eigenvalue weighted by Crippen LogP contribution is 2.52. The molecule has 2 rings (SSSR count). The van der Waals surface area contributed by atoms with Crippen LogP contribution in [0.4, 0.5) is 0 Å². The Labute approximate surface area is 79.0 Å². The van der Waals surface area contributed by atoms with Crippen LogP contribution in [0.25, 0.3) is 0 Å². The van der Waals surface area contributed by atoms with Crippen LogP contribution in [-0.4, -0.2) is 37.1 Å². The minimum Gasteiger partial charge on any atom is -0.465 e. The van der Waals surface area contributed by atoms with Crippen LogP contribution in [0, 0.1) is 5.41 Å². The van der Waals surface area contributed by atoms with Crippen LogP contribution < -0.4 is 0 Å². The quantitative estimate of drug-likeness (QED) is 0.612. The minimum absolute atomic E-state index is 0.0693. The molecular formula is C10H17NO2. The number of likely N-dealkylation sites (tertiary alicyclic amines) is 1. The van der Waals surface area contributed by atoms with Gasteiger partial charge in [0.15, 0.2) is 0 Å². The maximum atomic E-state index is 11.2. The molecule has 3 nitrogen and oxygen atoms in total. The van der Waals surface area contributed by atoms with Gasteiger partial charge < -0.3 is 4.74 Å². The molecule has 2 aliphatic rings. The lowest BCUT2D eigenvalue weighted by Gasteiger charge is -2.13. The van der Waals surface area contributed by atoms with Crippen molar-refractivity contribution in [3.8, 4) is 0 Å². The molecule has 0 radical (unpaired) electrons. The van der Waals surface area contributed by atoms with Crippen molar-refractivity contribution in [3.63, 3.8) is 0 Å². The molecule has 1 aliphatic carbocycles. The number of carbonyl (C=O) groups excluding carboxylic acids is 1. The molecule has 1 saturated carbocycles. The lowest BCUT2D eigenvalue weighted by Crippen LogP contribution is -2.29. The van der Waals surface area contributed by atoms with Gasteiger partial charge in [-0.15, -0.1) is 0 Å². The number of ether oxygens (including phenoxy) is 1. The fraction of sp³-hybridized carbons (Fsp3) is 0.900. The fourth-order valence-electron chi connectivity index (χ4n) is 2.14. The summed E-state index contributed by atoms with van der Waals surface area (Å²) in [5.41, 5.74) is 0.618. The summed E-state index contributed by atoms with van der Waals surface area (Å²) in [5, 5.41) is 0. The van der Waals surface area contributed by atoms with Gasteiger partial charge >= 0.3 is 5.97 Å². The van der Waals surface area contributed by atoms with Crippen molar-refractivity contribution in [3.05, 3.63) is 0 Å². The molecule has 1 heterocycles. The number of carbonyl (C=O) groups is 1. The second kappa shape index (κ2) is 3.29. The number of hydrogen-bond donors (Lipinski definition) is 0. The van der Waals surface area contributed by atoms with Crippen LogP contribution in [0.2, 0.25) is 0 Å². The number of hydrogen-bond acceptors (Lipinski definition) is 3. The maximum absolute atomic E-state index is 11.2. The Kier molecular flexibility index (Phi) is 2.28. The van der Waals surface area contributed by atoms with E-state index in [-0.39, 0.29) is 5.97 Å². The van der Waals surface area contributed by atoms with Gasteiger partial charge in [0.25, 0.3) is 0 Å². The molecule has 0 amide bonds. The summed E-state index contributed by atoms with van der Waals surface area (Å²) in [6, 6.07) is 0. The topological polar surface area (TPSA) is 29.5 Å². The predicted molar refractivity (Wildman–Crippen MR) is 49.4 cm³/mol. The SMILES string of the molecule is CCOC(=O)CN1CCC2(CC2)C1. The van der Waals surface area contributed by atoms with E-state index in [1.54, 1.807) is 0 Å². The highest BCUT2D eigenvalue weighted by molar-refractivity contribution is 5.71. The van der Waals surface area contributed by atoms with Crippen LogP contribution >= 0.6 is 0 Å². The van der Waals surface area contributed by atoms with E-state index in [4.69, 9.17) is 4.74 Å². The van der Waals surface area contributed by atoms with E-state index in [1.807, 2.05) is 6.92 Å². The average Bonchev–Trinajstić information content (AvgIpc) is 2.69. The zero-order valence-electron chi connectivity index (χ0n) is 8.21. The normalized spacial score (nSPS) is 25.0. The minimum atomic E-state index is -0.0693. The highest BCUT2D eigenvalue weighted by atomic mass is 16.5. The summed E-state index contributed by atoms with van der Waals surface area (Å²) >= 11 is 0. The summed E-state index contributed by atoms with van der Waals surface area (Å²) < 4.78 is 4.91. The van der Waals surface area contributed by atoms with E-state index in [0.29, 0.717) is 18.6 Å². The lowest BCUT2D eigenvalue weighted by molar-refractivity contribution is -0.144. The first kappa shape index (κ1) is 9.00. The van der Waals surface area contributed by atoms with E-state index < -0.39 is 0 Å². The van der Waals surface area contributed by atoms with Crippen LogP contribution in [0.3, 0.4) is 0 Å². The van der Waals surface area contributed by atoms with Gasteiger partial charge in [-0.2, -0.15) is 0 Å². The van der Waals surface area contributed by atoms with Crippen molar-refractivity contribution in [2.75, 3.05) is 26.2 Å².